The first-order chi connectivity index (χ1) is 15.1. The Kier molecular flexibility index (Phi) is 4.95. The van der Waals surface area contributed by atoms with Crippen LogP contribution in [0.3, 0.4) is 0 Å². The Bertz CT molecular complexity index is 1290. The van der Waals surface area contributed by atoms with E-state index in [1.807, 2.05) is 36.4 Å². The Morgan fingerprint density at radius 1 is 1.06 bits per heavy atom. The van der Waals surface area contributed by atoms with Crippen LogP contribution < -0.4 is 11.1 Å². The van der Waals surface area contributed by atoms with Gasteiger partial charge in [-0.2, -0.15) is 9.50 Å². The van der Waals surface area contributed by atoms with Crippen LogP contribution in [0.5, 0.6) is 0 Å². The zero-order valence-corrected chi connectivity index (χ0v) is 17.5. The summed E-state index contributed by atoms with van der Waals surface area (Å²) in [4.78, 5) is 34.8. The van der Waals surface area contributed by atoms with Crippen molar-refractivity contribution in [3.05, 3.63) is 64.4 Å². The third-order valence-corrected chi connectivity index (χ3v) is 6.62. The summed E-state index contributed by atoms with van der Waals surface area (Å²) in [5.41, 5.74) is 8.77. The number of nitrogens with one attached hydrogen (secondary N) is 1. The van der Waals surface area contributed by atoms with E-state index < -0.39 is 11.8 Å². The molecule has 1 aliphatic carbocycles. The minimum atomic E-state index is -0.523. The second-order valence-corrected chi connectivity index (χ2v) is 8.54. The Balaban J connectivity index is 1.50. The van der Waals surface area contributed by atoms with Crippen molar-refractivity contribution < 1.29 is 9.59 Å². The van der Waals surface area contributed by atoms with Crippen LogP contribution in [0, 0.1) is 0 Å². The quantitative estimate of drug-likeness (QED) is 0.479. The Morgan fingerprint density at radius 3 is 2.68 bits per heavy atom. The van der Waals surface area contributed by atoms with Gasteiger partial charge in [-0.25, -0.2) is 4.98 Å². The molecule has 0 unspecified atom stereocenters. The van der Waals surface area contributed by atoms with E-state index in [1.165, 1.54) is 11.3 Å². The number of nitrogens with two attached hydrogens (primary N) is 1. The van der Waals surface area contributed by atoms with Crippen LogP contribution in [0.1, 0.15) is 50.7 Å². The van der Waals surface area contributed by atoms with E-state index >= 15 is 0 Å². The summed E-state index contributed by atoms with van der Waals surface area (Å²) in [7, 11) is 0. The third kappa shape index (κ3) is 3.57. The molecular formula is C22H20N6O2S. The van der Waals surface area contributed by atoms with Crippen molar-refractivity contribution >= 4 is 33.9 Å². The molecule has 156 valence electrons. The first kappa shape index (κ1) is 19.4. The topological polar surface area (TPSA) is 115 Å². The van der Waals surface area contributed by atoms with Gasteiger partial charge in [-0.05, 0) is 37.3 Å². The number of hydrogen-bond acceptors (Lipinski definition) is 6. The smallest absolute Gasteiger partial charge is 0.296 e. The van der Waals surface area contributed by atoms with Crippen molar-refractivity contribution in [1.82, 2.24) is 19.6 Å². The molecule has 31 heavy (non-hydrogen) atoms. The molecule has 3 N–H and O–H groups in total. The Hall–Kier alpha value is -3.59. The average Bonchev–Trinajstić information content (AvgIpc) is 3.28. The molecule has 0 bridgehead atoms. The maximum Gasteiger partial charge on any atom is 0.296 e. The predicted molar refractivity (Wildman–Crippen MR) is 118 cm³/mol. The molecule has 3 aromatic heterocycles. The highest BCUT2D eigenvalue weighted by Gasteiger charge is 2.25. The van der Waals surface area contributed by atoms with Gasteiger partial charge >= 0.3 is 0 Å². The number of aromatic nitrogens is 4. The second kappa shape index (κ2) is 7.92. The third-order valence-electron chi connectivity index (χ3n) is 5.41. The molecule has 1 aliphatic rings. The largest absolute Gasteiger partial charge is 0.365 e. The summed E-state index contributed by atoms with van der Waals surface area (Å²) in [5.74, 6) is -0.715. The van der Waals surface area contributed by atoms with E-state index in [9.17, 15) is 9.59 Å². The number of rotatable bonds is 4. The van der Waals surface area contributed by atoms with E-state index in [4.69, 9.17) is 5.73 Å². The second-order valence-electron chi connectivity index (χ2n) is 7.43. The normalized spacial score (nSPS) is 13.5. The number of thiophene rings is 1. The SMILES string of the molecule is NC(=O)c1c(NC(=O)c2nc3nccc(-c4ccccc4)n3n2)sc2c1CCCCC2. The van der Waals surface area contributed by atoms with Crippen LogP contribution in [-0.2, 0) is 12.8 Å². The van der Waals surface area contributed by atoms with Crippen LogP contribution in [0.15, 0.2) is 42.6 Å². The number of primary amides is 1. The summed E-state index contributed by atoms with van der Waals surface area (Å²) in [6.45, 7) is 0. The van der Waals surface area contributed by atoms with Gasteiger partial charge in [0.05, 0.1) is 11.3 Å². The highest BCUT2D eigenvalue weighted by atomic mass is 32.1. The van der Waals surface area contributed by atoms with Gasteiger partial charge in [0.1, 0.15) is 5.00 Å². The highest BCUT2D eigenvalue weighted by molar-refractivity contribution is 7.17. The number of nitrogens with zero attached hydrogens (tertiary/aromatic N) is 4. The van der Waals surface area contributed by atoms with Gasteiger partial charge in [0.25, 0.3) is 17.6 Å². The number of fused-ring (bicyclic) bond motifs is 2. The van der Waals surface area contributed by atoms with Crippen LogP contribution in [0.2, 0.25) is 0 Å². The number of carbonyl (C=O) groups is 2. The molecule has 0 spiro atoms. The maximum absolute atomic E-state index is 13.0. The molecule has 0 atom stereocenters. The number of carbonyl (C=O) groups excluding carboxylic acids is 2. The van der Waals surface area contributed by atoms with Gasteiger partial charge in [-0.15, -0.1) is 16.4 Å². The van der Waals surface area contributed by atoms with Crippen molar-refractivity contribution in [2.45, 2.75) is 32.1 Å². The van der Waals surface area contributed by atoms with E-state index in [0.29, 0.717) is 16.3 Å². The van der Waals surface area contributed by atoms with E-state index in [1.54, 1.807) is 10.7 Å². The number of amides is 2. The van der Waals surface area contributed by atoms with Gasteiger partial charge in [0.2, 0.25) is 5.82 Å². The van der Waals surface area contributed by atoms with Crippen LogP contribution in [0.4, 0.5) is 5.00 Å². The summed E-state index contributed by atoms with van der Waals surface area (Å²) in [6, 6.07) is 11.5. The molecule has 0 radical (unpaired) electrons. The monoisotopic (exact) mass is 432 g/mol. The fraction of sp³-hybridized carbons (Fsp3) is 0.227. The first-order valence-electron chi connectivity index (χ1n) is 10.1. The number of aryl methyl sites for hydroxylation is 1. The lowest BCUT2D eigenvalue weighted by molar-refractivity contribution is 0.100. The fourth-order valence-electron chi connectivity index (χ4n) is 3.97. The van der Waals surface area contributed by atoms with Gasteiger partial charge < -0.3 is 11.1 Å². The zero-order chi connectivity index (χ0) is 21.4. The summed E-state index contributed by atoms with van der Waals surface area (Å²) in [5, 5.41) is 7.67. The number of benzene rings is 1. The molecule has 3 heterocycles. The molecule has 2 amide bonds. The molecule has 0 fully saturated rings. The van der Waals surface area contributed by atoms with E-state index in [-0.39, 0.29) is 5.82 Å². The lowest BCUT2D eigenvalue weighted by atomic mass is 10.1. The van der Waals surface area contributed by atoms with Gasteiger partial charge in [-0.3, -0.25) is 9.59 Å². The molecule has 0 saturated heterocycles. The summed E-state index contributed by atoms with van der Waals surface area (Å²) >= 11 is 1.42. The van der Waals surface area contributed by atoms with Crippen molar-refractivity contribution in [2.24, 2.45) is 5.73 Å². The van der Waals surface area contributed by atoms with Crippen LogP contribution >= 0.6 is 11.3 Å². The zero-order valence-electron chi connectivity index (χ0n) is 16.7. The van der Waals surface area contributed by atoms with Crippen molar-refractivity contribution in [1.29, 1.82) is 0 Å². The molecule has 8 nitrogen and oxygen atoms in total. The Labute approximate surface area is 182 Å². The minimum Gasteiger partial charge on any atom is -0.365 e. The minimum absolute atomic E-state index is 0.0186. The summed E-state index contributed by atoms with van der Waals surface area (Å²) < 4.78 is 1.54. The molecule has 5 rings (SSSR count). The highest BCUT2D eigenvalue weighted by Crippen LogP contribution is 2.37. The van der Waals surface area contributed by atoms with Gasteiger partial charge in [-0.1, -0.05) is 36.8 Å². The van der Waals surface area contributed by atoms with Crippen molar-refractivity contribution in [3.8, 4) is 11.3 Å². The standard InChI is InChI=1S/C22H20N6O2S/c23-18(29)17-14-9-5-2-6-10-16(14)31-21(17)26-20(30)19-25-22-24-12-11-15(28(22)27-19)13-7-3-1-4-8-13/h1,3-4,7-8,11-12H,2,5-6,9-10H2,(H2,23,29)(H,26,30). The molecule has 9 heteroatoms. The molecule has 0 aliphatic heterocycles. The van der Waals surface area contributed by atoms with Crippen LogP contribution in [-0.4, -0.2) is 31.4 Å². The maximum atomic E-state index is 13.0. The number of anilines is 1. The first-order valence-corrected chi connectivity index (χ1v) is 11.0. The van der Waals surface area contributed by atoms with E-state index in [0.717, 1.165) is 53.8 Å². The van der Waals surface area contributed by atoms with E-state index in [2.05, 4.69) is 20.4 Å². The van der Waals surface area contributed by atoms with Crippen molar-refractivity contribution in [2.75, 3.05) is 5.32 Å². The predicted octanol–water partition coefficient (Wildman–Crippen LogP) is 3.47. The molecule has 4 aromatic rings. The molecule has 1 aromatic carbocycles. The summed E-state index contributed by atoms with van der Waals surface area (Å²) in [6.07, 6.45) is 6.54. The average molecular weight is 433 g/mol. The lowest BCUT2D eigenvalue weighted by Gasteiger charge is -2.04. The van der Waals surface area contributed by atoms with Crippen molar-refractivity contribution in [3.63, 3.8) is 0 Å². The van der Waals surface area contributed by atoms with Gasteiger partial charge in [0, 0.05) is 16.6 Å². The Morgan fingerprint density at radius 2 is 1.87 bits per heavy atom. The molecule has 0 saturated carbocycles. The fourth-order valence-corrected chi connectivity index (χ4v) is 5.26. The number of hydrogen-bond donors (Lipinski definition) is 2. The molecular weight excluding hydrogens is 412 g/mol. The van der Waals surface area contributed by atoms with Crippen LogP contribution in [0.25, 0.3) is 17.0 Å². The lowest BCUT2D eigenvalue weighted by Crippen LogP contribution is -2.19. The van der Waals surface area contributed by atoms with Gasteiger partial charge in [0.15, 0.2) is 0 Å².